The number of benzene rings is 2. The summed E-state index contributed by atoms with van der Waals surface area (Å²) in [6.45, 7) is 0. The van der Waals surface area contributed by atoms with Gasteiger partial charge >= 0.3 is 5.97 Å². The molecule has 0 saturated carbocycles. The minimum Gasteiger partial charge on any atom is -0.481 e. The summed E-state index contributed by atoms with van der Waals surface area (Å²) in [5, 5.41) is 9.34. The Labute approximate surface area is 143 Å². The third-order valence-electron chi connectivity index (χ3n) is 2.52. The lowest BCUT2D eigenvalue weighted by molar-refractivity contribution is -0.136. The second-order valence-corrected chi connectivity index (χ2v) is 5.65. The topological polar surface area (TPSA) is 54.4 Å². The molecule has 0 spiro atoms. The molecule has 0 amide bonds. The van der Waals surface area contributed by atoms with Crippen LogP contribution in [0.5, 0.6) is 0 Å². The number of carboxylic acids is 1. The lowest BCUT2D eigenvalue weighted by Gasteiger charge is -1.95. The highest BCUT2D eigenvalue weighted by Gasteiger charge is 1.99. The van der Waals surface area contributed by atoms with Crippen molar-refractivity contribution in [3.05, 3.63) is 69.7 Å². The van der Waals surface area contributed by atoms with Crippen LogP contribution in [0.2, 0.25) is 10.0 Å². The molecule has 3 nitrogen and oxygen atoms in total. The molecule has 0 aliphatic heterocycles. The SMILES string of the molecule is O=C(Cl)Cc1ccc(Cl)cc1.O=C(O)Cc1ccc(Cl)cc1. The first kappa shape index (κ1) is 18.5. The largest absolute Gasteiger partial charge is 0.481 e. The summed E-state index contributed by atoms with van der Waals surface area (Å²) < 4.78 is 0. The maximum Gasteiger partial charge on any atom is 0.307 e. The first-order valence-corrected chi connectivity index (χ1v) is 7.39. The molecule has 0 aliphatic rings. The third-order valence-corrected chi connectivity index (χ3v) is 3.16. The van der Waals surface area contributed by atoms with E-state index in [1.54, 1.807) is 48.5 Å². The van der Waals surface area contributed by atoms with Crippen LogP contribution in [0.3, 0.4) is 0 Å². The highest BCUT2D eigenvalue weighted by atomic mass is 35.5. The van der Waals surface area contributed by atoms with Crippen LogP contribution in [-0.4, -0.2) is 16.3 Å². The Balaban J connectivity index is 0.000000220. The van der Waals surface area contributed by atoms with Crippen LogP contribution >= 0.6 is 34.8 Å². The van der Waals surface area contributed by atoms with E-state index in [9.17, 15) is 9.59 Å². The molecule has 2 aromatic carbocycles. The van der Waals surface area contributed by atoms with Gasteiger partial charge in [-0.15, -0.1) is 0 Å². The van der Waals surface area contributed by atoms with Gasteiger partial charge in [-0.1, -0.05) is 47.5 Å². The van der Waals surface area contributed by atoms with Gasteiger partial charge in [-0.05, 0) is 47.0 Å². The Bertz CT molecular complexity index is 565. The number of hydrogen-bond donors (Lipinski definition) is 1. The smallest absolute Gasteiger partial charge is 0.307 e. The van der Waals surface area contributed by atoms with Gasteiger partial charge in [0.1, 0.15) is 0 Å². The normalized spacial score (nSPS) is 9.59. The number of rotatable bonds is 4. The van der Waals surface area contributed by atoms with Crippen LogP contribution in [0.1, 0.15) is 11.1 Å². The number of halogens is 3. The lowest BCUT2D eigenvalue weighted by atomic mass is 10.2. The zero-order chi connectivity index (χ0) is 16.5. The second kappa shape index (κ2) is 9.46. The lowest BCUT2D eigenvalue weighted by Crippen LogP contribution is -1.99. The van der Waals surface area contributed by atoms with E-state index in [1.807, 2.05) is 0 Å². The van der Waals surface area contributed by atoms with E-state index < -0.39 is 5.97 Å². The second-order valence-electron chi connectivity index (χ2n) is 4.36. The maximum absolute atomic E-state index is 10.4. The van der Waals surface area contributed by atoms with Gasteiger partial charge in [0, 0.05) is 16.5 Å². The number of aliphatic carboxylic acids is 1. The molecule has 0 bridgehead atoms. The average molecular weight is 360 g/mol. The van der Waals surface area contributed by atoms with Crippen molar-refractivity contribution in [2.45, 2.75) is 12.8 Å². The number of hydrogen-bond acceptors (Lipinski definition) is 2. The molecule has 0 saturated heterocycles. The molecule has 0 aromatic heterocycles. The summed E-state index contributed by atoms with van der Waals surface area (Å²) in [6, 6.07) is 13.8. The number of carbonyl (C=O) groups is 2. The van der Waals surface area contributed by atoms with Crippen LogP contribution < -0.4 is 0 Å². The van der Waals surface area contributed by atoms with Crippen LogP contribution in [-0.2, 0) is 22.4 Å². The summed E-state index contributed by atoms with van der Waals surface area (Å²) in [4.78, 5) is 20.7. The van der Waals surface area contributed by atoms with Crippen molar-refractivity contribution in [1.29, 1.82) is 0 Å². The van der Waals surface area contributed by atoms with Crippen molar-refractivity contribution in [2.75, 3.05) is 0 Å². The van der Waals surface area contributed by atoms with Gasteiger partial charge in [0.25, 0.3) is 0 Å². The maximum atomic E-state index is 10.4. The predicted molar refractivity (Wildman–Crippen MR) is 88.8 cm³/mol. The fourth-order valence-corrected chi connectivity index (χ4v) is 1.95. The van der Waals surface area contributed by atoms with Crippen LogP contribution in [0, 0.1) is 0 Å². The van der Waals surface area contributed by atoms with Gasteiger partial charge in [-0.3, -0.25) is 9.59 Å². The molecular weight excluding hydrogens is 347 g/mol. The van der Waals surface area contributed by atoms with E-state index in [0.29, 0.717) is 10.0 Å². The number of carbonyl (C=O) groups excluding carboxylic acids is 1. The zero-order valence-corrected chi connectivity index (χ0v) is 13.7. The molecule has 0 aliphatic carbocycles. The van der Waals surface area contributed by atoms with E-state index in [4.69, 9.17) is 39.9 Å². The molecule has 2 rings (SSSR count). The van der Waals surface area contributed by atoms with Gasteiger partial charge in [0.15, 0.2) is 0 Å². The molecular formula is C16H13Cl3O3. The zero-order valence-electron chi connectivity index (χ0n) is 11.4. The molecule has 2 aromatic rings. The monoisotopic (exact) mass is 358 g/mol. The molecule has 6 heteroatoms. The average Bonchev–Trinajstić information content (AvgIpc) is 2.44. The molecule has 0 fully saturated rings. The summed E-state index contributed by atoms with van der Waals surface area (Å²) in [7, 11) is 0. The first-order chi connectivity index (χ1) is 10.4. The Kier molecular flexibility index (Phi) is 7.96. The summed E-state index contributed by atoms with van der Waals surface area (Å²) in [6.07, 6.45) is 0.315. The van der Waals surface area contributed by atoms with Crippen LogP contribution in [0.25, 0.3) is 0 Å². The van der Waals surface area contributed by atoms with Crippen molar-refractivity contribution in [3.8, 4) is 0 Å². The molecule has 0 heterocycles. The van der Waals surface area contributed by atoms with Gasteiger partial charge in [-0.25, -0.2) is 0 Å². The Morgan fingerprint density at radius 3 is 1.45 bits per heavy atom. The Morgan fingerprint density at radius 1 is 0.773 bits per heavy atom. The molecule has 116 valence electrons. The van der Waals surface area contributed by atoms with Gasteiger partial charge in [-0.2, -0.15) is 0 Å². The Morgan fingerprint density at radius 2 is 1.14 bits per heavy atom. The minimum atomic E-state index is -0.827. The van der Waals surface area contributed by atoms with Gasteiger partial charge in [0.05, 0.1) is 6.42 Å². The third kappa shape index (κ3) is 8.03. The summed E-state index contributed by atoms with van der Waals surface area (Å²) in [5.74, 6) is -0.827. The van der Waals surface area contributed by atoms with Crippen molar-refractivity contribution < 1.29 is 14.7 Å². The first-order valence-electron chi connectivity index (χ1n) is 6.26. The standard InChI is InChI=1S/C8H6Cl2O.C8H7ClO2/c2*9-7-3-1-6(2-4-7)5-8(10)11/h1-4H,5H2;1-4H,5H2,(H,10,11). The van der Waals surface area contributed by atoms with Crippen molar-refractivity contribution in [1.82, 2.24) is 0 Å². The van der Waals surface area contributed by atoms with E-state index in [-0.39, 0.29) is 18.1 Å². The van der Waals surface area contributed by atoms with Crippen molar-refractivity contribution in [3.63, 3.8) is 0 Å². The molecule has 1 N–H and O–H groups in total. The number of carboxylic acid groups (broad SMARTS) is 1. The van der Waals surface area contributed by atoms with E-state index in [1.165, 1.54) is 0 Å². The van der Waals surface area contributed by atoms with Crippen molar-refractivity contribution >= 4 is 46.0 Å². The van der Waals surface area contributed by atoms with E-state index in [0.717, 1.165) is 11.1 Å². The Hall–Kier alpha value is -1.55. The highest BCUT2D eigenvalue weighted by Crippen LogP contribution is 2.10. The van der Waals surface area contributed by atoms with Gasteiger partial charge < -0.3 is 5.11 Å². The van der Waals surface area contributed by atoms with Crippen LogP contribution in [0.4, 0.5) is 0 Å². The van der Waals surface area contributed by atoms with Crippen LogP contribution in [0.15, 0.2) is 48.5 Å². The molecule has 0 atom stereocenters. The minimum absolute atomic E-state index is 0.0527. The predicted octanol–water partition coefficient (Wildman–Crippen LogP) is 4.62. The fraction of sp³-hybridized carbons (Fsp3) is 0.125. The summed E-state index contributed by atoms with van der Waals surface area (Å²) >= 11 is 16.4. The van der Waals surface area contributed by atoms with E-state index in [2.05, 4.69) is 0 Å². The van der Waals surface area contributed by atoms with Crippen molar-refractivity contribution in [2.24, 2.45) is 0 Å². The van der Waals surface area contributed by atoms with E-state index >= 15 is 0 Å². The van der Waals surface area contributed by atoms with Gasteiger partial charge in [0.2, 0.25) is 5.24 Å². The molecule has 0 radical (unpaired) electrons. The fourth-order valence-electron chi connectivity index (χ4n) is 1.54. The molecule has 0 unspecified atom stereocenters. The quantitative estimate of drug-likeness (QED) is 0.811. The summed E-state index contributed by atoms with van der Waals surface area (Å²) in [5.41, 5.74) is 1.65. The molecule has 22 heavy (non-hydrogen) atoms. The highest BCUT2D eigenvalue weighted by molar-refractivity contribution is 6.63.